The number of hydrogen-bond acceptors (Lipinski definition) is 2. The molecule has 3 rings (SSSR count). The molecular weight excluding hydrogens is 278 g/mol. The minimum atomic E-state index is -0.471. The van der Waals surface area contributed by atoms with Crippen molar-refractivity contribution in [2.24, 2.45) is 5.73 Å². The molecule has 0 saturated carbocycles. The van der Waals surface area contributed by atoms with E-state index in [0.29, 0.717) is 11.1 Å². The molecule has 3 N–H and O–H groups in total. The van der Waals surface area contributed by atoms with Crippen LogP contribution in [0.5, 0.6) is 0 Å². The summed E-state index contributed by atoms with van der Waals surface area (Å²) in [4.78, 5) is 26.7. The van der Waals surface area contributed by atoms with Gasteiger partial charge in [0.05, 0.1) is 11.1 Å². The molecule has 0 aromatic carbocycles. The molecule has 0 bridgehead atoms. The molecule has 0 aliphatic carbocycles. The number of aryl methyl sites for hydroxylation is 3. The molecule has 1 amide bonds. The molecule has 22 heavy (non-hydrogen) atoms. The summed E-state index contributed by atoms with van der Waals surface area (Å²) in [6.45, 7) is 5.60. The van der Waals surface area contributed by atoms with Gasteiger partial charge in [-0.25, -0.2) is 0 Å². The van der Waals surface area contributed by atoms with Gasteiger partial charge in [-0.3, -0.25) is 9.59 Å². The van der Waals surface area contributed by atoms with Gasteiger partial charge < -0.3 is 15.1 Å². The molecule has 0 spiro atoms. The van der Waals surface area contributed by atoms with Gasteiger partial charge in [0, 0.05) is 29.2 Å². The van der Waals surface area contributed by atoms with Crippen molar-refractivity contribution in [3.05, 3.63) is 63.3 Å². The maximum Gasteiger partial charge on any atom is 0.256 e. The zero-order valence-electron chi connectivity index (χ0n) is 12.7. The van der Waals surface area contributed by atoms with Crippen molar-refractivity contribution in [1.82, 2.24) is 9.38 Å². The van der Waals surface area contributed by atoms with Gasteiger partial charge in [0.25, 0.3) is 5.56 Å². The second-order valence-electron chi connectivity index (χ2n) is 5.60. The van der Waals surface area contributed by atoms with E-state index in [4.69, 9.17) is 5.73 Å². The van der Waals surface area contributed by atoms with E-state index >= 15 is 0 Å². The monoisotopic (exact) mass is 295 g/mol. The van der Waals surface area contributed by atoms with Gasteiger partial charge in [-0.15, -0.1) is 0 Å². The molecule has 0 aliphatic heterocycles. The van der Waals surface area contributed by atoms with Gasteiger partial charge in [0.15, 0.2) is 0 Å². The van der Waals surface area contributed by atoms with Crippen LogP contribution < -0.4 is 11.3 Å². The van der Waals surface area contributed by atoms with Crippen molar-refractivity contribution in [3.8, 4) is 11.1 Å². The summed E-state index contributed by atoms with van der Waals surface area (Å²) in [5.74, 6) is -0.471. The first-order valence-electron chi connectivity index (χ1n) is 7.00. The summed E-state index contributed by atoms with van der Waals surface area (Å²) in [5.41, 5.74) is 10.5. The summed E-state index contributed by atoms with van der Waals surface area (Å²) in [5, 5.41) is 0. The van der Waals surface area contributed by atoms with Gasteiger partial charge in [0.2, 0.25) is 5.91 Å². The van der Waals surface area contributed by atoms with Crippen molar-refractivity contribution < 1.29 is 4.79 Å². The number of fused-ring (bicyclic) bond motifs is 1. The summed E-state index contributed by atoms with van der Waals surface area (Å²) < 4.78 is 1.90. The van der Waals surface area contributed by atoms with Gasteiger partial charge in [-0.05, 0) is 50.1 Å². The van der Waals surface area contributed by atoms with E-state index in [-0.39, 0.29) is 5.56 Å². The molecule has 0 fully saturated rings. The smallest absolute Gasteiger partial charge is 0.256 e. The lowest BCUT2D eigenvalue weighted by molar-refractivity contribution is 0.0999. The molecule has 3 aromatic heterocycles. The SMILES string of the molecule is Cc1cc(C)c(-c2ccn3cc(C)c(C(N)=O)cc23)c(=O)[nH]1. The van der Waals surface area contributed by atoms with E-state index in [1.165, 1.54) is 0 Å². The lowest BCUT2D eigenvalue weighted by Gasteiger charge is -2.08. The van der Waals surface area contributed by atoms with Crippen LogP contribution in [0.1, 0.15) is 27.2 Å². The van der Waals surface area contributed by atoms with Crippen LogP contribution in [-0.4, -0.2) is 15.3 Å². The zero-order chi connectivity index (χ0) is 16.0. The van der Waals surface area contributed by atoms with Crippen molar-refractivity contribution in [2.75, 3.05) is 0 Å². The molecule has 0 aliphatic rings. The lowest BCUT2D eigenvalue weighted by Crippen LogP contribution is -2.14. The number of aromatic amines is 1. The number of rotatable bonds is 2. The fraction of sp³-hybridized carbons (Fsp3) is 0.176. The number of nitrogens with two attached hydrogens (primary N) is 1. The Morgan fingerprint density at radius 1 is 1.18 bits per heavy atom. The van der Waals surface area contributed by atoms with Crippen molar-refractivity contribution in [1.29, 1.82) is 0 Å². The summed E-state index contributed by atoms with van der Waals surface area (Å²) in [7, 11) is 0. The average molecular weight is 295 g/mol. The highest BCUT2D eigenvalue weighted by Crippen LogP contribution is 2.27. The summed E-state index contributed by atoms with van der Waals surface area (Å²) in [6.07, 6.45) is 3.72. The second kappa shape index (κ2) is 4.87. The Bertz CT molecular complexity index is 964. The number of carbonyl (C=O) groups excluding carboxylic acids is 1. The number of nitrogens with zero attached hydrogens (tertiary/aromatic N) is 1. The van der Waals surface area contributed by atoms with E-state index < -0.39 is 5.91 Å². The Labute approximate surface area is 127 Å². The topological polar surface area (TPSA) is 80.4 Å². The Kier molecular flexibility index (Phi) is 3.13. The third-order valence-corrected chi connectivity index (χ3v) is 3.89. The van der Waals surface area contributed by atoms with E-state index in [2.05, 4.69) is 4.98 Å². The zero-order valence-corrected chi connectivity index (χ0v) is 12.7. The maximum atomic E-state index is 12.3. The molecule has 5 nitrogen and oxygen atoms in total. The molecule has 3 heterocycles. The van der Waals surface area contributed by atoms with Crippen LogP contribution in [0.15, 0.2) is 35.4 Å². The first-order valence-corrected chi connectivity index (χ1v) is 7.00. The standard InChI is InChI=1S/C17H17N3O2/c1-9-6-11(3)19-17(22)15(9)12-4-5-20-8-10(2)13(16(18)21)7-14(12)20/h4-8H,1-3H3,(H2,18,21)(H,19,22). The van der Waals surface area contributed by atoms with Crippen LogP contribution in [-0.2, 0) is 0 Å². The fourth-order valence-corrected chi connectivity index (χ4v) is 2.92. The third kappa shape index (κ3) is 2.11. The number of pyridine rings is 2. The number of hydrogen-bond donors (Lipinski definition) is 2. The highest BCUT2D eigenvalue weighted by Gasteiger charge is 2.15. The van der Waals surface area contributed by atoms with Gasteiger partial charge in [-0.1, -0.05) is 0 Å². The summed E-state index contributed by atoms with van der Waals surface area (Å²) in [6, 6.07) is 5.56. The van der Waals surface area contributed by atoms with E-state index in [0.717, 1.165) is 27.9 Å². The number of H-pyrrole nitrogens is 1. The molecule has 5 heteroatoms. The largest absolute Gasteiger partial charge is 0.366 e. The van der Waals surface area contributed by atoms with Crippen LogP contribution in [0.3, 0.4) is 0 Å². The lowest BCUT2D eigenvalue weighted by atomic mass is 10.0. The second-order valence-corrected chi connectivity index (χ2v) is 5.60. The molecule has 0 unspecified atom stereocenters. The van der Waals surface area contributed by atoms with Crippen LogP contribution >= 0.6 is 0 Å². The van der Waals surface area contributed by atoms with Gasteiger partial charge >= 0.3 is 0 Å². The quantitative estimate of drug-likeness (QED) is 0.760. The van der Waals surface area contributed by atoms with Crippen molar-refractivity contribution in [2.45, 2.75) is 20.8 Å². The number of carbonyl (C=O) groups is 1. The molecule has 3 aromatic rings. The Hall–Kier alpha value is -2.82. The molecular formula is C17H17N3O2. The highest BCUT2D eigenvalue weighted by atomic mass is 16.1. The molecule has 0 radical (unpaired) electrons. The average Bonchev–Trinajstić information content (AvgIpc) is 2.79. The molecule has 0 atom stereocenters. The normalized spacial score (nSPS) is 11.0. The Morgan fingerprint density at radius 3 is 2.55 bits per heavy atom. The van der Waals surface area contributed by atoms with E-state index in [1.54, 1.807) is 6.07 Å². The first kappa shape index (κ1) is 14.1. The summed E-state index contributed by atoms with van der Waals surface area (Å²) >= 11 is 0. The fourth-order valence-electron chi connectivity index (χ4n) is 2.92. The van der Waals surface area contributed by atoms with E-state index in [1.807, 2.05) is 49.7 Å². The van der Waals surface area contributed by atoms with Gasteiger partial charge in [0.1, 0.15) is 0 Å². The Morgan fingerprint density at radius 2 is 1.91 bits per heavy atom. The minimum Gasteiger partial charge on any atom is -0.366 e. The van der Waals surface area contributed by atoms with Gasteiger partial charge in [-0.2, -0.15) is 0 Å². The third-order valence-electron chi connectivity index (χ3n) is 3.89. The van der Waals surface area contributed by atoms with Crippen LogP contribution in [0.4, 0.5) is 0 Å². The van der Waals surface area contributed by atoms with Crippen molar-refractivity contribution >= 4 is 11.4 Å². The van der Waals surface area contributed by atoms with Crippen LogP contribution in [0, 0.1) is 20.8 Å². The number of nitrogens with one attached hydrogen (secondary N) is 1. The number of primary amides is 1. The highest BCUT2D eigenvalue weighted by molar-refractivity contribution is 5.97. The number of amides is 1. The maximum absolute atomic E-state index is 12.3. The molecule has 0 saturated heterocycles. The van der Waals surface area contributed by atoms with Crippen LogP contribution in [0.25, 0.3) is 16.6 Å². The minimum absolute atomic E-state index is 0.133. The van der Waals surface area contributed by atoms with Crippen LogP contribution in [0.2, 0.25) is 0 Å². The first-order chi connectivity index (χ1) is 10.4. The molecule has 112 valence electrons. The predicted molar refractivity (Wildman–Crippen MR) is 86.2 cm³/mol. The van der Waals surface area contributed by atoms with Crippen molar-refractivity contribution in [3.63, 3.8) is 0 Å². The Balaban J connectivity index is 2.36. The van der Waals surface area contributed by atoms with E-state index in [9.17, 15) is 9.59 Å². The predicted octanol–water partition coefficient (Wildman–Crippen LogP) is 2.32. The number of aromatic nitrogens is 2.